The highest BCUT2D eigenvalue weighted by Gasteiger charge is 2.33. The van der Waals surface area contributed by atoms with Gasteiger partial charge in [0.05, 0.1) is 6.54 Å². The van der Waals surface area contributed by atoms with Crippen molar-refractivity contribution in [1.29, 1.82) is 0 Å². The second kappa shape index (κ2) is 10.3. The molecule has 1 aliphatic carbocycles. The van der Waals surface area contributed by atoms with Crippen LogP contribution in [0.1, 0.15) is 35.7 Å². The van der Waals surface area contributed by atoms with E-state index in [0.717, 1.165) is 18.4 Å². The van der Waals surface area contributed by atoms with Crippen molar-refractivity contribution in [1.82, 2.24) is 14.9 Å². The Kier molecular flexibility index (Phi) is 7.51. The molecule has 0 radical (unpaired) electrons. The van der Waals surface area contributed by atoms with Crippen LogP contribution >= 0.6 is 11.6 Å². The fourth-order valence-electron chi connectivity index (χ4n) is 3.48. The summed E-state index contributed by atoms with van der Waals surface area (Å²) in [6.45, 7) is 1.98. The largest absolute Gasteiger partial charge is 0.391 e. The molecule has 1 saturated carbocycles. The van der Waals surface area contributed by atoms with E-state index in [0.29, 0.717) is 28.7 Å². The number of halogens is 1. The molecule has 1 heterocycles. The summed E-state index contributed by atoms with van der Waals surface area (Å²) in [4.78, 5) is 34.6. The summed E-state index contributed by atoms with van der Waals surface area (Å²) in [5.74, 6) is 0.230. The van der Waals surface area contributed by atoms with Gasteiger partial charge in [-0.25, -0.2) is 0 Å². The molecule has 1 fully saturated rings. The number of nitrogens with zero attached hydrogens (tertiary/aromatic N) is 3. The number of benzene rings is 1. The van der Waals surface area contributed by atoms with Gasteiger partial charge in [0.15, 0.2) is 0 Å². The summed E-state index contributed by atoms with van der Waals surface area (Å²) < 4.78 is 1.44. The smallest absolute Gasteiger partial charge is 0.272 e. The van der Waals surface area contributed by atoms with Gasteiger partial charge in [-0.15, -0.1) is 0 Å². The van der Waals surface area contributed by atoms with Crippen LogP contribution in [0.2, 0.25) is 5.02 Å². The van der Waals surface area contributed by atoms with Crippen LogP contribution in [0.4, 0.5) is 0 Å². The second-order valence-corrected chi connectivity index (χ2v) is 8.07. The Balaban J connectivity index is 1.68. The van der Waals surface area contributed by atoms with Crippen LogP contribution < -0.4 is 22.3 Å². The molecule has 2 aromatic rings. The summed E-state index contributed by atoms with van der Waals surface area (Å²) in [6, 6.07) is 7.76. The lowest BCUT2D eigenvalue weighted by molar-refractivity contribution is -0.122. The number of nitrogens with one attached hydrogen (secondary N) is 1. The van der Waals surface area contributed by atoms with Crippen LogP contribution in [0, 0.1) is 12.8 Å². The van der Waals surface area contributed by atoms with E-state index in [2.05, 4.69) is 15.5 Å². The molecule has 1 atom stereocenters. The topological polar surface area (TPSA) is 138 Å². The number of carbonyl (C=O) groups excluding carboxylic acids is 1. The number of hydrogen-bond donors (Lipinski definition) is 3. The standard InChI is InChI=1S/C21H27ClN6O3/c1-13-11-26-18(10-17(14-2-3-14)15-4-6-16(22)7-5-15)20(30)28(13)12-19(29)25-8-9-31-27-21(23)24/h4-7,11,14,17H,2-3,8-10,12H2,1H3,(H,25,29)(H4,23,24,27). The minimum Gasteiger partial charge on any atom is -0.391 e. The van der Waals surface area contributed by atoms with Crippen LogP contribution in [0.15, 0.2) is 40.4 Å². The number of rotatable bonds is 10. The molecular weight excluding hydrogens is 420 g/mol. The molecule has 10 heteroatoms. The lowest BCUT2D eigenvalue weighted by Crippen LogP contribution is -2.36. The van der Waals surface area contributed by atoms with Gasteiger partial charge in [0.25, 0.3) is 5.56 Å². The number of oxime groups is 1. The summed E-state index contributed by atoms with van der Waals surface area (Å²) in [5, 5.41) is 6.73. The fraction of sp³-hybridized carbons (Fsp3) is 0.429. The molecule has 5 N–H and O–H groups in total. The maximum Gasteiger partial charge on any atom is 0.272 e. The van der Waals surface area contributed by atoms with E-state index >= 15 is 0 Å². The lowest BCUT2D eigenvalue weighted by Gasteiger charge is -2.18. The van der Waals surface area contributed by atoms with E-state index in [1.54, 1.807) is 13.1 Å². The normalized spacial score (nSPS) is 14.0. The van der Waals surface area contributed by atoms with Crippen molar-refractivity contribution in [3.05, 3.63) is 62.8 Å². The zero-order valence-electron chi connectivity index (χ0n) is 17.4. The van der Waals surface area contributed by atoms with E-state index in [4.69, 9.17) is 27.9 Å². The highest BCUT2D eigenvalue weighted by Crippen LogP contribution is 2.44. The molecule has 0 saturated heterocycles. The van der Waals surface area contributed by atoms with Gasteiger partial charge in [0.1, 0.15) is 18.8 Å². The minimum atomic E-state index is -0.313. The maximum absolute atomic E-state index is 13.1. The monoisotopic (exact) mass is 446 g/mol. The van der Waals surface area contributed by atoms with Gasteiger partial charge >= 0.3 is 0 Å². The first kappa shape index (κ1) is 22.6. The molecule has 3 rings (SSSR count). The lowest BCUT2D eigenvalue weighted by atomic mass is 9.90. The average molecular weight is 447 g/mol. The van der Waals surface area contributed by atoms with Crippen molar-refractivity contribution in [2.75, 3.05) is 13.2 Å². The zero-order chi connectivity index (χ0) is 22.4. The number of hydrogen-bond acceptors (Lipinski definition) is 5. The number of amides is 1. The van der Waals surface area contributed by atoms with E-state index in [1.807, 2.05) is 24.3 Å². The number of carbonyl (C=O) groups is 1. The highest BCUT2D eigenvalue weighted by atomic mass is 35.5. The molecule has 1 unspecified atom stereocenters. The van der Waals surface area contributed by atoms with Gasteiger partial charge in [-0.2, -0.15) is 0 Å². The van der Waals surface area contributed by atoms with Crippen molar-refractivity contribution >= 4 is 23.5 Å². The zero-order valence-corrected chi connectivity index (χ0v) is 18.1. The number of aryl methyl sites for hydroxylation is 1. The molecule has 166 valence electrons. The molecule has 1 aromatic carbocycles. The van der Waals surface area contributed by atoms with Crippen LogP contribution in [-0.4, -0.2) is 34.6 Å². The summed E-state index contributed by atoms with van der Waals surface area (Å²) in [6.07, 6.45) is 4.44. The number of guanidine groups is 1. The predicted octanol–water partition coefficient (Wildman–Crippen LogP) is 1.26. The molecule has 0 bridgehead atoms. The molecular formula is C21H27ClN6O3. The SMILES string of the molecule is Cc1cnc(CC(c2ccc(Cl)cc2)C2CC2)c(=O)n1CC(=O)NCCON=C(N)N. The number of nitrogens with two attached hydrogens (primary N) is 2. The van der Waals surface area contributed by atoms with E-state index < -0.39 is 0 Å². The molecule has 31 heavy (non-hydrogen) atoms. The first-order valence-corrected chi connectivity index (χ1v) is 10.5. The van der Waals surface area contributed by atoms with Crippen LogP contribution in [0.25, 0.3) is 0 Å². The highest BCUT2D eigenvalue weighted by molar-refractivity contribution is 6.30. The molecule has 0 spiro atoms. The van der Waals surface area contributed by atoms with Crippen molar-refractivity contribution in [2.24, 2.45) is 22.5 Å². The third kappa shape index (κ3) is 6.45. The number of aromatic nitrogens is 2. The van der Waals surface area contributed by atoms with Crippen molar-refractivity contribution in [3.8, 4) is 0 Å². The molecule has 1 amide bonds. The van der Waals surface area contributed by atoms with Gasteiger partial charge < -0.3 is 26.2 Å². The Hall–Kier alpha value is -3.07. The van der Waals surface area contributed by atoms with Gasteiger partial charge in [-0.3, -0.25) is 14.6 Å². The Labute approximate surface area is 185 Å². The van der Waals surface area contributed by atoms with E-state index in [9.17, 15) is 9.59 Å². The van der Waals surface area contributed by atoms with Gasteiger partial charge in [-0.1, -0.05) is 23.7 Å². The Bertz CT molecular complexity index is 997. The van der Waals surface area contributed by atoms with Crippen molar-refractivity contribution in [2.45, 2.75) is 38.6 Å². The van der Waals surface area contributed by atoms with Crippen molar-refractivity contribution in [3.63, 3.8) is 0 Å². The van der Waals surface area contributed by atoms with Gasteiger partial charge in [0.2, 0.25) is 11.9 Å². The third-order valence-corrected chi connectivity index (χ3v) is 5.47. The van der Waals surface area contributed by atoms with Crippen LogP contribution in [0.5, 0.6) is 0 Å². The second-order valence-electron chi connectivity index (χ2n) is 7.64. The predicted molar refractivity (Wildman–Crippen MR) is 119 cm³/mol. The molecule has 0 aliphatic heterocycles. The first-order chi connectivity index (χ1) is 14.8. The van der Waals surface area contributed by atoms with Crippen molar-refractivity contribution < 1.29 is 9.63 Å². The Morgan fingerprint density at radius 3 is 2.71 bits per heavy atom. The van der Waals surface area contributed by atoms with Gasteiger partial charge in [-0.05, 0) is 54.5 Å². The van der Waals surface area contributed by atoms with E-state index in [1.165, 1.54) is 4.57 Å². The van der Waals surface area contributed by atoms with Crippen LogP contribution in [0.3, 0.4) is 0 Å². The summed E-state index contributed by atoms with van der Waals surface area (Å²) in [7, 11) is 0. The molecule has 9 nitrogen and oxygen atoms in total. The molecule has 1 aliphatic rings. The summed E-state index contributed by atoms with van der Waals surface area (Å²) in [5.41, 5.74) is 12.3. The fourth-order valence-corrected chi connectivity index (χ4v) is 3.60. The summed E-state index contributed by atoms with van der Waals surface area (Å²) >= 11 is 6.02. The van der Waals surface area contributed by atoms with Crippen LogP contribution in [-0.2, 0) is 22.6 Å². The van der Waals surface area contributed by atoms with Gasteiger partial charge in [0, 0.05) is 23.3 Å². The maximum atomic E-state index is 13.1. The first-order valence-electron chi connectivity index (χ1n) is 10.1. The van der Waals surface area contributed by atoms with E-state index in [-0.39, 0.29) is 43.0 Å². The average Bonchev–Trinajstić information content (AvgIpc) is 3.56. The molecule has 1 aromatic heterocycles. The third-order valence-electron chi connectivity index (χ3n) is 5.21. The minimum absolute atomic E-state index is 0.0997. The Morgan fingerprint density at radius 2 is 2.06 bits per heavy atom. The Morgan fingerprint density at radius 1 is 1.35 bits per heavy atom. The quantitative estimate of drug-likeness (QED) is 0.217.